The van der Waals surface area contributed by atoms with Crippen LogP contribution in [0.2, 0.25) is 0 Å². The highest BCUT2D eigenvalue weighted by Crippen LogP contribution is 2.31. The number of anilines is 1. The van der Waals surface area contributed by atoms with Crippen molar-refractivity contribution < 1.29 is 17.6 Å². The molecule has 1 aliphatic carbocycles. The lowest BCUT2D eigenvalue weighted by atomic mass is 9.93. The highest BCUT2D eigenvalue weighted by Gasteiger charge is 2.28. The van der Waals surface area contributed by atoms with Gasteiger partial charge in [-0.1, -0.05) is 12.5 Å². The smallest absolute Gasteiger partial charge is 0.319 e. The average molecular weight is 418 g/mol. The van der Waals surface area contributed by atoms with Crippen LogP contribution in [0.15, 0.2) is 39.8 Å². The maximum atomic E-state index is 13.1. The number of urea groups is 1. The van der Waals surface area contributed by atoms with E-state index < -0.39 is 10.0 Å². The largest absolute Gasteiger partial charge is 0.469 e. The van der Waals surface area contributed by atoms with E-state index in [9.17, 15) is 13.2 Å². The van der Waals surface area contributed by atoms with Gasteiger partial charge in [0.2, 0.25) is 10.0 Å². The molecule has 0 saturated carbocycles. The van der Waals surface area contributed by atoms with Crippen molar-refractivity contribution in [1.29, 1.82) is 0 Å². The first-order valence-electron chi connectivity index (χ1n) is 10.2. The zero-order chi connectivity index (χ0) is 20.4. The summed E-state index contributed by atoms with van der Waals surface area (Å²) in [4.78, 5) is 12.8. The van der Waals surface area contributed by atoms with Gasteiger partial charge in [0.1, 0.15) is 5.76 Å². The van der Waals surface area contributed by atoms with Crippen molar-refractivity contribution in [2.45, 2.75) is 56.4 Å². The third-order valence-electron chi connectivity index (χ3n) is 5.74. The van der Waals surface area contributed by atoms with E-state index in [-0.39, 0.29) is 17.0 Å². The summed E-state index contributed by atoms with van der Waals surface area (Å²) < 4.78 is 33.1. The molecule has 1 aromatic heterocycles. The number of nitrogens with one attached hydrogen (secondary N) is 2. The molecule has 0 bridgehead atoms. The number of benzene rings is 1. The zero-order valence-corrected chi connectivity index (χ0v) is 17.4. The maximum absolute atomic E-state index is 13.1. The number of rotatable bonds is 4. The summed E-state index contributed by atoms with van der Waals surface area (Å²) in [5, 5.41) is 5.77. The quantitative estimate of drug-likeness (QED) is 0.788. The molecule has 1 aromatic carbocycles. The molecule has 2 aromatic rings. The van der Waals surface area contributed by atoms with Gasteiger partial charge in [0.25, 0.3) is 0 Å². The molecule has 0 radical (unpaired) electrons. The molecule has 2 aliphatic rings. The second-order valence-electron chi connectivity index (χ2n) is 7.79. The number of sulfonamides is 1. The Bertz CT molecular complexity index is 993. The molecule has 1 saturated heterocycles. The van der Waals surface area contributed by atoms with E-state index in [1.165, 1.54) is 0 Å². The van der Waals surface area contributed by atoms with Crippen molar-refractivity contribution in [1.82, 2.24) is 9.62 Å². The molecule has 0 spiro atoms. The molecule has 1 aliphatic heterocycles. The molecule has 2 N–H and O–H groups in total. The number of carbonyl (C=O) groups excluding carboxylic acids is 1. The molecule has 1 atom stereocenters. The lowest BCUT2D eigenvalue weighted by Gasteiger charge is -2.27. The van der Waals surface area contributed by atoms with Crippen LogP contribution in [0.4, 0.5) is 10.5 Å². The van der Waals surface area contributed by atoms with Gasteiger partial charge in [-0.15, -0.1) is 0 Å². The van der Waals surface area contributed by atoms with Gasteiger partial charge in [0.15, 0.2) is 0 Å². The van der Waals surface area contributed by atoms with Gasteiger partial charge < -0.3 is 15.1 Å². The highest BCUT2D eigenvalue weighted by molar-refractivity contribution is 7.89. The van der Waals surface area contributed by atoms with Gasteiger partial charge in [-0.25, -0.2) is 13.2 Å². The summed E-state index contributed by atoms with van der Waals surface area (Å²) in [6.45, 7) is 2.88. The van der Waals surface area contributed by atoms with Gasteiger partial charge in [-0.3, -0.25) is 0 Å². The Morgan fingerprint density at radius 3 is 2.72 bits per heavy atom. The topological polar surface area (TPSA) is 91.6 Å². The van der Waals surface area contributed by atoms with Crippen molar-refractivity contribution >= 4 is 21.7 Å². The van der Waals surface area contributed by atoms with Crippen LogP contribution in [0.1, 0.15) is 55.0 Å². The van der Waals surface area contributed by atoms with Crippen LogP contribution in [0.5, 0.6) is 0 Å². The van der Waals surface area contributed by atoms with Crippen LogP contribution >= 0.6 is 0 Å². The Labute approximate surface area is 171 Å². The van der Waals surface area contributed by atoms with E-state index in [1.807, 2.05) is 6.07 Å². The van der Waals surface area contributed by atoms with Crippen LogP contribution in [0.3, 0.4) is 0 Å². The number of fused-ring (bicyclic) bond motifs is 1. The monoisotopic (exact) mass is 417 g/mol. The Morgan fingerprint density at radius 1 is 1.14 bits per heavy atom. The Morgan fingerprint density at radius 2 is 1.93 bits per heavy atom. The van der Waals surface area contributed by atoms with Gasteiger partial charge in [0.05, 0.1) is 17.2 Å². The first-order chi connectivity index (χ1) is 13.9. The third kappa shape index (κ3) is 4.18. The minimum Gasteiger partial charge on any atom is -0.469 e. The number of aryl methyl sites for hydroxylation is 2. The normalized spacial score (nSPS) is 20.1. The molecule has 156 valence electrons. The first-order valence-corrected chi connectivity index (χ1v) is 11.6. The molecule has 7 nitrogen and oxygen atoms in total. The summed E-state index contributed by atoms with van der Waals surface area (Å²) in [5.41, 5.74) is 2.16. The number of furan rings is 1. The SMILES string of the molecule is Cc1ccc(NC(=O)NC2CCCc3occc32)cc1S(=O)(=O)N1CCCCC1. The zero-order valence-electron chi connectivity index (χ0n) is 16.6. The second kappa shape index (κ2) is 8.20. The summed E-state index contributed by atoms with van der Waals surface area (Å²) in [5.74, 6) is 0.923. The van der Waals surface area contributed by atoms with Gasteiger partial charge >= 0.3 is 6.03 Å². The molecule has 2 amide bonds. The summed E-state index contributed by atoms with van der Waals surface area (Å²) in [7, 11) is -3.56. The molecule has 2 heterocycles. The second-order valence-corrected chi connectivity index (χ2v) is 9.69. The predicted molar refractivity (Wildman–Crippen MR) is 110 cm³/mol. The lowest BCUT2D eigenvalue weighted by molar-refractivity contribution is 0.246. The third-order valence-corrected chi connectivity index (χ3v) is 7.78. The van der Waals surface area contributed by atoms with E-state index in [1.54, 1.807) is 35.7 Å². The maximum Gasteiger partial charge on any atom is 0.319 e. The van der Waals surface area contributed by atoms with Crippen LogP contribution in [0, 0.1) is 6.92 Å². The van der Waals surface area contributed by atoms with Gasteiger partial charge in [-0.2, -0.15) is 4.31 Å². The molecular weight excluding hydrogens is 390 g/mol. The van der Waals surface area contributed by atoms with E-state index >= 15 is 0 Å². The van der Waals surface area contributed by atoms with Gasteiger partial charge in [-0.05, 0) is 56.4 Å². The summed E-state index contributed by atoms with van der Waals surface area (Å²) in [6.07, 6.45) is 7.17. The predicted octanol–water partition coefficient (Wildman–Crippen LogP) is 3.96. The number of hydrogen-bond donors (Lipinski definition) is 2. The van der Waals surface area contributed by atoms with Crippen LogP contribution in [-0.4, -0.2) is 31.8 Å². The van der Waals surface area contributed by atoms with E-state index in [4.69, 9.17) is 4.42 Å². The highest BCUT2D eigenvalue weighted by atomic mass is 32.2. The number of amides is 2. The molecule has 1 unspecified atom stereocenters. The number of hydrogen-bond acceptors (Lipinski definition) is 4. The molecular formula is C21H27N3O4S. The lowest BCUT2D eigenvalue weighted by Crippen LogP contribution is -2.36. The minimum absolute atomic E-state index is 0.0977. The van der Waals surface area contributed by atoms with Crippen molar-refractivity contribution in [3.63, 3.8) is 0 Å². The number of nitrogens with zero attached hydrogens (tertiary/aromatic N) is 1. The summed E-state index contributed by atoms with van der Waals surface area (Å²) >= 11 is 0. The molecule has 29 heavy (non-hydrogen) atoms. The van der Waals surface area contributed by atoms with Crippen molar-refractivity contribution in [2.75, 3.05) is 18.4 Å². The Hall–Kier alpha value is -2.32. The van der Waals surface area contributed by atoms with Crippen molar-refractivity contribution in [3.8, 4) is 0 Å². The van der Waals surface area contributed by atoms with Crippen LogP contribution < -0.4 is 10.6 Å². The van der Waals surface area contributed by atoms with E-state index in [2.05, 4.69) is 10.6 Å². The standard InChI is InChI=1S/C21H27N3O4S/c1-15-8-9-16(14-20(15)29(26,27)24-11-3-2-4-12-24)22-21(25)23-18-6-5-7-19-17(18)10-13-28-19/h8-10,13-14,18H,2-7,11-12H2,1H3,(H2,22,23,25). The first kappa shape index (κ1) is 20.0. The number of piperidine rings is 1. The van der Waals surface area contributed by atoms with E-state index in [0.717, 1.165) is 49.8 Å². The van der Waals surface area contributed by atoms with Gasteiger partial charge in [0, 0.05) is 30.8 Å². The fourth-order valence-corrected chi connectivity index (χ4v) is 5.93. The van der Waals surface area contributed by atoms with E-state index in [0.29, 0.717) is 24.3 Å². The molecule has 4 rings (SSSR count). The number of carbonyl (C=O) groups is 1. The summed E-state index contributed by atoms with van der Waals surface area (Å²) in [6, 6.07) is 6.47. The Balaban J connectivity index is 1.49. The fraction of sp³-hybridized carbons (Fsp3) is 0.476. The van der Waals surface area contributed by atoms with Crippen LogP contribution in [0.25, 0.3) is 0 Å². The van der Waals surface area contributed by atoms with Crippen molar-refractivity contribution in [3.05, 3.63) is 47.4 Å². The average Bonchev–Trinajstić information content (AvgIpc) is 3.20. The van der Waals surface area contributed by atoms with Crippen molar-refractivity contribution in [2.24, 2.45) is 0 Å². The molecule has 8 heteroatoms. The van der Waals surface area contributed by atoms with Crippen LogP contribution in [-0.2, 0) is 16.4 Å². The fourth-order valence-electron chi connectivity index (χ4n) is 4.16. The Kier molecular flexibility index (Phi) is 5.65. The molecule has 1 fully saturated rings. The minimum atomic E-state index is -3.56.